The first-order chi connectivity index (χ1) is 12.6. The van der Waals surface area contributed by atoms with Gasteiger partial charge in [-0.25, -0.2) is 0 Å². The first-order valence-electron chi connectivity index (χ1n) is 8.39. The molecule has 0 radical (unpaired) electrons. The highest BCUT2D eigenvalue weighted by Gasteiger charge is 2.44. The number of anilines is 1. The minimum atomic E-state index is -1.11. The number of aliphatic hydroxyl groups excluding tert-OH is 1. The molecule has 1 aromatic rings. The molecule has 0 saturated carbocycles. The number of hydrogen-bond donors (Lipinski definition) is 3. The highest BCUT2D eigenvalue weighted by molar-refractivity contribution is 6.17. The van der Waals surface area contributed by atoms with Crippen molar-refractivity contribution in [2.75, 3.05) is 11.2 Å². The Morgan fingerprint density at radius 1 is 1.41 bits per heavy atom. The van der Waals surface area contributed by atoms with Crippen LogP contribution in [0.5, 0.6) is 5.75 Å². The Kier molecular flexibility index (Phi) is 6.27. The van der Waals surface area contributed by atoms with E-state index in [0.717, 1.165) is 0 Å². The number of aliphatic hydroxyl groups is 1. The smallest absolute Gasteiger partial charge is 0.296 e. The van der Waals surface area contributed by atoms with E-state index in [9.17, 15) is 24.8 Å². The predicted molar refractivity (Wildman–Crippen MR) is 99.0 cm³/mol. The molecule has 10 heteroatoms. The van der Waals surface area contributed by atoms with Crippen molar-refractivity contribution < 1.29 is 24.4 Å². The summed E-state index contributed by atoms with van der Waals surface area (Å²) >= 11 is 5.61. The number of alkyl halides is 1. The minimum absolute atomic E-state index is 0.0400. The molecular weight excluding hydrogens is 378 g/mol. The zero-order valence-corrected chi connectivity index (χ0v) is 16.0. The van der Waals surface area contributed by atoms with E-state index in [-0.39, 0.29) is 29.5 Å². The molecule has 3 N–H and O–H groups in total. The largest absolute Gasteiger partial charge is 0.484 e. The molecule has 0 aliphatic carbocycles. The maximum absolute atomic E-state index is 12.2. The van der Waals surface area contributed by atoms with Crippen molar-refractivity contribution in [3.8, 4) is 5.75 Å². The zero-order chi connectivity index (χ0) is 20.4. The van der Waals surface area contributed by atoms with Gasteiger partial charge < -0.3 is 20.5 Å². The first-order valence-corrected chi connectivity index (χ1v) is 8.92. The number of nitro groups is 1. The number of halogens is 1. The number of amides is 2. The maximum atomic E-state index is 12.2. The topological polar surface area (TPSA) is 131 Å². The van der Waals surface area contributed by atoms with Gasteiger partial charge in [0.05, 0.1) is 17.0 Å². The number of nitro benzene ring substituents is 1. The number of carbonyl (C=O) groups is 2. The lowest BCUT2D eigenvalue weighted by molar-refractivity contribution is -0.384. The molecule has 0 unspecified atom stereocenters. The Hall–Kier alpha value is -2.39. The zero-order valence-electron chi connectivity index (χ0n) is 15.2. The summed E-state index contributed by atoms with van der Waals surface area (Å²) in [5.41, 5.74) is -1.14. The van der Waals surface area contributed by atoms with Crippen LogP contribution in [-0.4, -0.2) is 39.4 Å². The third kappa shape index (κ3) is 4.67. The van der Waals surface area contributed by atoms with Crippen molar-refractivity contribution in [2.45, 2.75) is 51.4 Å². The number of hydrogen-bond acceptors (Lipinski definition) is 6. The van der Waals surface area contributed by atoms with E-state index >= 15 is 0 Å². The van der Waals surface area contributed by atoms with E-state index < -0.39 is 28.6 Å². The Bertz CT molecular complexity index is 767. The monoisotopic (exact) mass is 399 g/mol. The quantitative estimate of drug-likeness (QED) is 0.382. The highest BCUT2D eigenvalue weighted by Crippen LogP contribution is 2.44. The van der Waals surface area contributed by atoms with Crippen LogP contribution < -0.4 is 15.4 Å². The van der Waals surface area contributed by atoms with Gasteiger partial charge in [-0.15, -0.1) is 11.6 Å². The van der Waals surface area contributed by atoms with Gasteiger partial charge in [0.1, 0.15) is 23.1 Å². The van der Waals surface area contributed by atoms with Gasteiger partial charge in [-0.2, -0.15) is 0 Å². The molecule has 1 aliphatic rings. The highest BCUT2D eigenvalue weighted by atomic mass is 35.5. The Morgan fingerprint density at radius 2 is 2.07 bits per heavy atom. The van der Waals surface area contributed by atoms with Crippen LogP contribution in [0.1, 0.15) is 45.2 Å². The summed E-state index contributed by atoms with van der Waals surface area (Å²) in [6, 6.07) is 1.67. The SMILES string of the molecule is CC(=O)Nc1cc2c(cc1[N+](=O)[O-])OC(C)(C)[C@H](O)[C@H]2NC(=O)CCCCl. The van der Waals surface area contributed by atoms with E-state index in [0.29, 0.717) is 17.9 Å². The third-order valence-corrected chi connectivity index (χ3v) is 4.49. The fraction of sp³-hybridized carbons (Fsp3) is 0.529. The molecule has 0 aromatic heterocycles. The van der Waals surface area contributed by atoms with E-state index in [1.54, 1.807) is 13.8 Å². The number of nitrogens with one attached hydrogen (secondary N) is 2. The predicted octanol–water partition coefficient (Wildman–Crippen LogP) is 2.26. The molecular formula is C17H22ClN3O6. The summed E-state index contributed by atoms with van der Waals surface area (Å²) in [5.74, 6) is -0.320. The summed E-state index contributed by atoms with van der Waals surface area (Å²) in [5, 5.41) is 27.2. The lowest BCUT2D eigenvalue weighted by Crippen LogP contribution is -2.53. The van der Waals surface area contributed by atoms with Crippen LogP contribution in [-0.2, 0) is 9.59 Å². The summed E-state index contributed by atoms with van der Waals surface area (Å²) in [4.78, 5) is 34.3. The van der Waals surface area contributed by atoms with Crippen LogP contribution in [0.25, 0.3) is 0 Å². The molecule has 0 spiro atoms. The second-order valence-electron chi connectivity index (χ2n) is 6.83. The number of nitrogens with zero attached hydrogens (tertiary/aromatic N) is 1. The summed E-state index contributed by atoms with van der Waals surface area (Å²) in [6.45, 7) is 4.46. The van der Waals surface area contributed by atoms with Crippen molar-refractivity contribution in [2.24, 2.45) is 0 Å². The number of fused-ring (bicyclic) bond motifs is 1. The van der Waals surface area contributed by atoms with E-state index in [4.69, 9.17) is 16.3 Å². The standard InChI is InChI=1S/C17H22ClN3O6/c1-9(22)19-11-7-10-13(8-12(11)21(25)26)27-17(2,3)16(24)15(10)20-14(23)5-4-6-18/h7-8,15-16,24H,4-6H2,1-3H3,(H,19,22)(H,20,23)/t15-,16+/m0/s1. The summed E-state index contributed by atoms with van der Waals surface area (Å²) < 4.78 is 5.74. The average Bonchev–Trinajstić information content (AvgIpc) is 2.56. The molecule has 2 rings (SSSR count). The van der Waals surface area contributed by atoms with Crippen LogP contribution in [0.4, 0.5) is 11.4 Å². The summed E-state index contributed by atoms with van der Waals surface area (Å²) in [7, 11) is 0. The number of rotatable bonds is 6. The lowest BCUT2D eigenvalue weighted by Gasteiger charge is -2.42. The molecule has 2 atom stereocenters. The molecule has 1 aromatic carbocycles. The fourth-order valence-electron chi connectivity index (χ4n) is 2.90. The molecule has 0 fully saturated rings. The Morgan fingerprint density at radius 3 is 2.63 bits per heavy atom. The Labute approximate surface area is 161 Å². The molecule has 0 saturated heterocycles. The van der Waals surface area contributed by atoms with Gasteiger partial charge in [0, 0.05) is 24.8 Å². The molecule has 1 aliphatic heterocycles. The second kappa shape index (κ2) is 8.10. The number of carbonyl (C=O) groups excluding carboxylic acids is 2. The van der Waals surface area contributed by atoms with Crippen molar-refractivity contribution in [3.63, 3.8) is 0 Å². The van der Waals surface area contributed by atoms with Crippen molar-refractivity contribution in [3.05, 3.63) is 27.8 Å². The Balaban J connectivity index is 2.51. The van der Waals surface area contributed by atoms with Gasteiger partial charge in [0.25, 0.3) is 5.69 Å². The molecule has 9 nitrogen and oxygen atoms in total. The average molecular weight is 400 g/mol. The van der Waals surface area contributed by atoms with Crippen LogP contribution in [0.15, 0.2) is 12.1 Å². The number of benzene rings is 1. The normalized spacial score (nSPS) is 20.2. The second-order valence-corrected chi connectivity index (χ2v) is 7.21. The van der Waals surface area contributed by atoms with Gasteiger partial charge in [-0.1, -0.05) is 0 Å². The first kappa shape index (κ1) is 20.9. The van der Waals surface area contributed by atoms with E-state index in [1.165, 1.54) is 19.1 Å². The minimum Gasteiger partial charge on any atom is -0.484 e. The van der Waals surface area contributed by atoms with Crippen molar-refractivity contribution >= 4 is 34.8 Å². The molecule has 1 heterocycles. The van der Waals surface area contributed by atoms with Crippen LogP contribution in [0, 0.1) is 10.1 Å². The maximum Gasteiger partial charge on any atom is 0.296 e. The third-order valence-electron chi connectivity index (χ3n) is 4.23. The van der Waals surface area contributed by atoms with Gasteiger partial charge >= 0.3 is 0 Å². The summed E-state index contributed by atoms with van der Waals surface area (Å²) in [6.07, 6.45) is -0.466. The lowest BCUT2D eigenvalue weighted by atomic mass is 9.86. The molecule has 0 bridgehead atoms. The van der Waals surface area contributed by atoms with Gasteiger partial charge in [0.15, 0.2) is 0 Å². The van der Waals surface area contributed by atoms with Gasteiger partial charge in [-0.3, -0.25) is 19.7 Å². The van der Waals surface area contributed by atoms with Crippen molar-refractivity contribution in [1.29, 1.82) is 0 Å². The molecule has 148 valence electrons. The van der Waals surface area contributed by atoms with E-state index in [1.807, 2.05) is 0 Å². The number of ether oxygens (including phenoxy) is 1. The van der Waals surface area contributed by atoms with Crippen LogP contribution in [0.2, 0.25) is 0 Å². The fourth-order valence-corrected chi connectivity index (χ4v) is 3.04. The van der Waals surface area contributed by atoms with Crippen LogP contribution in [0.3, 0.4) is 0 Å². The molecule has 27 heavy (non-hydrogen) atoms. The van der Waals surface area contributed by atoms with Gasteiger partial charge in [0.2, 0.25) is 11.8 Å². The van der Waals surface area contributed by atoms with E-state index in [2.05, 4.69) is 10.6 Å². The van der Waals surface area contributed by atoms with Crippen molar-refractivity contribution in [1.82, 2.24) is 5.32 Å². The van der Waals surface area contributed by atoms with Crippen LogP contribution >= 0.6 is 11.6 Å². The molecule has 2 amide bonds. The van der Waals surface area contributed by atoms with Gasteiger partial charge in [-0.05, 0) is 26.3 Å².